The largest absolute Gasteiger partial charge is 0.237 e. The second kappa shape index (κ2) is 3.96. The Kier molecular flexibility index (Phi) is 2.85. The van der Waals surface area contributed by atoms with Gasteiger partial charge in [0.25, 0.3) is 0 Å². The van der Waals surface area contributed by atoms with Gasteiger partial charge in [-0.25, -0.2) is 9.98 Å². The van der Waals surface area contributed by atoms with Crippen LogP contribution >= 0.6 is 22.6 Å². The highest BCUT2D eigenvalue weighted by Crippen LogP contribution is 2.27. The third-order valence-corrected chi connectivity index (χ3v) is 3.27. The zero-order valence-electron chi connectivity index (χ0n) is 8.42. The van der Waals surface area contributed by atoms with Gasteiger partial charge < -0.3 is 0 Å². The van der Waals surface area contributed by atoms with Gasteiger partial charge in [0.15, 0.2) is 0 Å². The van der Waals surface area contributed by atoms with E-state index >= 15 is 0 Å². The highest BCUT2D eigenvalue weighted by Gasteiger charge is 2.20. The van der Waals surface area contributed by atoms with E-state index in [-0.39, 0.29) is 0 Å². The molecule has 1 atom stereocenters. The molecular weight excluding hydrogens is 287 g/mol. The molecule has 2 aliphatic heterocycles. The number of hydrogen-bond acceptors (Lipinski definition) is 2. The third kappa shape index (κ3) is 1.97. The maximum Gasteiger partial charge on any atom is 0.136 e. The summed E-state index contributed by atoms with van der Waals surface area (Å²) >= 11 is 2.26. The van der Waals surface area contributed by atoms with E-state index in [4.69, 9.17) is 0 Å². The van der Waals surface area contributed by atoms with Gasteiger partial charge in [-0.15, -0.1) is 0 Å². The zero-order chi connectivity index (χ0) is 10.1. The molecule has 0 saturated carbocycles. The van der Waals surface area contributed by atoms with Crippen LogP contribution in [0.2, 0.25) is 0 Å². The molecular formula is C11H13IN2. The van der Waals surface area contributed by atoms with Crippen LogP contribution in [0.5, 0.6) is 0 Å². The molecule has 1 unspecified atom stereocenters. The van der Waals surface area contributed by atoms with Crippen LogP contribution in [0, 0.1) is 5.92 Å². The van der Waals surface area contributed by atoms with E-state index in [0.717, 1.165) is 28.1 Å². The lowest BCUT2D eigenvalue weighted by molar-refractivity contribution is 0.756. The fourth-order valence-electron chi connectivity index (χ4n) is 1.68. The molecule has 0 fully saturated rings. The first kappa shape index (κ1) is 10.1. The van der Waals surface area contributed by atoms with E-state index in [1.54, 1.807) is 0 Å². The molecule has 0 aromatic heterocycles. The summed E-state index contributed by atoms with van der Waals surface area (Å²) < 4.78 is 1.08. The number of allylic oxidation sites excluding steroid dienone is 2. The molecule has 2 aliphatic rings. The lowest BCUT2D eigenvalue weighted by Gasteiger charge is -2.11. The van der Waals surface area contributed by atoms with Gasteiger partial charge in [0.2, 0.25) is 0 Å². The minimum atomic E-state index is 0.446. The van der Waals surface area contributed by atoms with Crippen LogP contribution in [-0.2, 0) is 0 Å². The molecule has 0 saturated heterocycles. The van der Waals surface area contributed by atoms with E-state index in [0.29, 0.717) is 5.92 Å². The van der Waals surface area contributed by atoms with Gasteiger partial charge in [0.1, 0.15) is 5.84 Å². The normalized spacial score (nSPS) is 30.4. The monoisotopic (exact) mass is 300 g/mol. The van der Waals surface area contributed by atoms with E-state index in [1.165, 1.54) is 5.57 Å². The first-order chi connectivity index (χ1) is 6.66. The van der Waals surface area contributed by atoms with Gasteiger partial charge >= 0.3 is 0 Å². The Hall–Kier alpha value is -0.450. The van der Waals surface area contributed by atoms with Crippen LogP contribution in [-0.4, -0.2) is 11.5 Å². The predicted molar refractivity (Wildman–Crippen MR) is 69.1 cm³/mol. The molecule has 0 radical (unpaired) electrons. The second-order valence-electron chi connectivity index (χ2n) is 3.73. The molecule has 2 heterocycles. The highest BCUT2D eigenvalue weighted by atomic mass is 127. The van der Waals surface area contributed by atoms with Gasteiger partial charge in [-0.3, -0.25) is 0 Å². The van der Waals surface area contributed by atoms with Crippen LogP contribution in [0.1, 0.15) is 26.7 Å². The lowest BCUT2D eigenvalue weighted by Crippen LogP contribution is -2.11. The minimum absolute atomic E-state index is 0.446. The molecule has 0 N–H and O–H groups in total. The molecule has 0 spiro atoms. The van der Waals surface area contributed by atoms with Crippen molar-refractivity contribution in [2.75, 3.05) is 0 Å². The summed E-state index contributed by atoms with van der Waals surface area (Å²) in [6.07, 6.45) is 6.75. The average Bonchev–Trinajstić information content (AvgIpc) is 2.44. The molecule has 0 bridgehead atoms. The number of hydrogen-bond donors (Lipinski definition) is 0. The van der Waals surface area contributed by atoms with Gasteiger partial charge in [-0.2, -0.15) is 0 Å². The van der Waals surface area contributed by atoms with Crippen molar-refractivity contribution in [2.24, 2.45) is 15.9 Å². The summed E-state index contributed by atoms with van der Waals surface area (Å²) in [4.78, 5) is 9.02. The standard InChI is InChI=1S/C11H13IN2/c1-7-4-3-5-9-6-10(12)14-11(9)13-8(7)2/h4,6,9H,3,5H2,1-2H3/b7-4-,13-8?. The highest BCUT2D eigenvalue weighted by molar-refractivity contribution is 14.1. The Morgan fingerprint density at radius 3 is 2.93 bits per heavy atom. The second-order valence-corrected chi connectivity index (χ2v) is 4.83. The Labute approximate surface area is 98.1 Å². The van der Waals surface area contributed by atoms with E-state index in [2.05, 4.69) is 58.6 Å². The van der Waals surface area contributed by atoms with E-state index < -0.39 is 0 Å². The van der Waals surface area contributed by atoms with Crippen LogP contribution in [0.4, 0.5) is 0 Å². The Balaban J connectivity index is 2.34. The van der Waals surface area contributed by atoms with Crippen molar-refractivity contribution in [2.45, 2.75) is 26.7 Å². The van der Waals surface area contributed by atoms with Crippen molar-refractivity contribution < 1.29 is 0 Å². The number of fused-ring (bicyclic) bond motifs is 1. The molecule has 3 heteroatoms. The van der Waals surface area contributed by atoms with E-state index in [9.17, 15) is 0 Å². The summed E-state index contributed by atoms with van der Waals surface area (Å²) in [5.74, 6) is 1.44. The van der Waals surface area contributed by atoms with Gasteiger partial charge in [-0.1, -0.05) is 6.08 Å². The summed E-state index contributed by atoms with van der Waals surface area (Å²) in [7, 11) is 0. The molecule has 2 nitrogen and oxygen atoms in total. The van der Waals surface area contributed by atoms with Gasteiger partial charge in [0.05, 0.1) is 3.70 Å². The van der Waals surface area contributed by atoms with Gasteiger partial charge in [0, 0.05) is 11.6 Å². The topological polar surface area (TPSA) is 24.7 Å². The first-order valence-electron chi connectivity index (χ1n) is 4.85. The van der Waals surface area contributed by atoms with Crippen LogP contribution in [0.25, 0.3) is 0 Å². The molecule has 74 valence electrons. The molecule has 14 heavy (non-hydrogen) atoms. The van der Waals surface area contributed by atoms with Crippen molar-refractivity contribution >= 4 is 34.1 Å². The van der Waals surface area contributed by atoms with Crippen molar-refractivity contribution in [3.63, 3.8) is 0 Å². The summed E-state index contributed by atoms with van der Waals surface area (Å²) in [5, 5.41) is 0. The zero-order valence-corrected chi connectivity index (χ0v) is 10.6. The van der Waals surface area contributed by atoms with Crippen molar-refractivity contribution in [3.8, 4) is 0 Å². The maximum absolute atomic E-state index is 4.57. The van der Waals surface area contributed by atoms with Crippen LogP contribution < -0.4 is 0 Å². The Morgan fingerprint density at radius 2 is 2.14 bits per heavy atom. The number of rotatable bonds is 0. The molecule has 0 aromatic carbocycles. The predicted octanol–water partition coefficient (Wildman–Crippen LogP) is 3.49. The molecule has 0 aliphatic carbocycles. The molecule has 0 aromatic rings. The van der Waals surface area contributed by atoms with Crippen molar-refractivity contribution in [3.05, 3.63) is 21.4 Å². The Bertz CT molecular complexity index is 375. The summed E-state index contributed by atoms with van der Waals surface area (Å²) in [5.41, 5.74) is 2.39. The van der Waals surface area contributed by atoms with Crippen LogP contribution in [0.15, 0.2) is 31.4 Å². The number of halogens is 1. The minimum Gasteiger partial charge on any atom is -0.237 e. The summed E-state index contributed by atoms with van der Waals surface area (Å²) in [6.45, 7) is 4.18. The van der Waals surface area contributed by atoms with E-state index in [1.807, 2.05) is 0 Å². The number of aliphatic imine (C=N–C) groups is 2. The fourth-order valence-corrected chi connectivity index (χ4v) is 2.36. The Morgan fingerprint density at radius 1 is 1.36 bits per heavy atom. The molecule has 0 amide bonds. The SMILES string of the molecule is CC1=NC2=NC(I)=CC2CC/C=C\1C. The number of nitrogens with zero attached hydrogens (tertiary/aromatic N) is 2. The average molecular weight is 300 g/mol. The lowest BCUT2D eigenvalue weighted by atomic mass is 9.99. The van der Waals surface area contributed by atoms with Gasteiger partial charge in [-0.05, 0) is 60.9 Å². The summed E-state index contributed by atoms with van der Waals surface area (Å²) in [6, 6.07) is 0. The third-order valence-electron chi connectivity index (χ3n) is 2.67. The van der Waals surface area contributed by atoms with Crippen molar-refractivity contribution in [1.29, 1.82) is 0 Å². The van der Waals surface area contributed by atoms with Crippen LogP contribution in [0.3, 0.4) is 0 Å². The fraction of sp³-hybridized carbons (Fsp3) is 0.455. The first-order valence-corrected chi connectivity index (χ1v) is 5.93. The number of amidine groups is 1. The smallest absolute Gasteiger partial charge is 0.136 e. The maximum atomic E-state index is 4.57. The quantitative estimate of drug-likeness (QED) is 0.483. The molecule has 2 rings (SSSR count). The van der Waals surface area contributed by atoms with Crippen molar-refractivity contribution in [1.82, 2.24) is 0 Å².